The van der Waals surface area contributed by atoms with E-state index >= 15 is 0 Å². The van der Waals surface area contributed by atoms with E-state index in [0.29, 0.717) is 20.9 Å². The highest BCUT2D eigenvalue weighted by Gasteiger charge is 2.08. The summed E-state index contributed by atoms with van der Waals surface area (Å²) in [4.78, 5) is 10.3. The molecule has 8 heteroatoms. The number of oxime groups is 1. The summed E-state index contributed by atoms with van der Waals surface area (Å²) in [5.74, 6) is 0. The van der Waals surface area contributed by atoms with Crippen LogP contribution in [0.2, 0.25) is 15.2 Å². The molecule has 2 aromatic heterocycles. The van der Waals surface area contributed by atoms with Gasteiger partial charge in [0.1, 0.15) is 12.3 Å². The largest absolute Gasteiger partial charge is 0.391 e. The third-order valence-corrected chi connectivity index (χ3v) is 4.49. The Labute approximate surface area is 139 Å². The van der Waals surface area contributed by atoms with Crippen molar-refractivity contribution in [1.29, 1.82) is 0 Å². The van der Waals surface area contributed by atoms with Gasteiger partial charge in [-0.25, -0.2) is 4.98 Å². The zero-order valence-electron chi connectivity index (χ0n) is 10.5. The van der Waals surface area contributed by atoms with Crippen LogP contribution in [0.4, 0.5) is 0 Å². The quantitative estimate of drug-likeness (QED) is 0.490. The van der Waals surface area contributed by atoms with Gasteiger partial charge in [0.15, 0.2) is 10.1 Å². The van der Waals surface area contributed by atoms with Crippen molar-refractivity contribution in [3.63, 3.8) is 0 Å². The van der Waals surface area contributed by atoms with Gasteiger partial charge in [0.25, 0.3) is 0 Å². The standard InChI is InChI=1S/C13H8Cl3N3OS/c14-9-2-1-8(5-10(9)15)7-20-17-6-11-12(16)18-13-19(11)3-4-21-13/h1-6H,7H2. The van der Waals surface area contributed by atoms with Gasteiger partial charge in [0.05, 0.1) is 16.3 Å². The Morgan fingerprint density at radius 1 is 1.29 bits per heavy atom. The van der Waals surface area contributed by atoms with Gasteiger partial charge >= 0.3 is 0 Å². The summed E-state index contributed by atoms with van der Waals surface area (Å²) < 4.78 is 1.85. The van der Waals surface area contributed by atoms with Crippen LogP contribution < -0.4 is 0 Å². The van der Waals surface area contributed by atoms with Crippen molar-refractivity contribution in [2.24, 2.45) is 5.16 Å². The fourth-order valence-corrected chi connectivity index (χ4v) is 3.03. The van der Waals surface area contributed by atoms with Crippen molar-refractivity contribution in [2.45, 2.75) is 6.61 Å². The molecule has 4 nitrogen and oxygen atoms in total. The van der Waals surface area contributed by atoms with Gasteiger partial charge < -0.3 is 4.84 Å². The van der Waals surface area contributed by atoms with Gasteiger partial charge in [-0.2, -0.15) is 0 Å². The lowest BCUT2D eigenvalue weighted by Crippen LogP contribution is -1.91. The first-order valence-corrected chi connectivity index (χ1v) is 7.87. The molecular weight excluding hydrogens is 353 g/mol. The van der Waals surface area contributed by atoms with E-state index in [1.54, 1.807) is 12.1 Å². The summed E-state index contributed by atoms with van der Waals surface area (Å²) in [6.07, 6.45) is 3.41. The van der Waals surface area contributed by atoms with Gasteiger partial charge in [-0.15, -0.1) is 11.3 Å². The normalized spacial score (nSPS) is 11.6. The Morgan fingerprint density at radius 3 is 2.95 bits per heavy atom. The molecule has 0 amide bonds. The predicted molar refractivity (Wildman–Crippen MR) is 86.9 cm³/mol. The van der Waals surface area contributed by atoms with E-state index in [-0.39, 0.29) is 6.61 Å². The molecule has 1 aromatic carbocycles. The van der Waals surface area contributed by atoms with Crippen LogP contribution >= 0.6 is 46.1 Å². The lowest BCUT2D eigenvalue weighted by atomic mass is 10.2. The Balaban J connectivity index is 1.68. The van der Waals surface area contributed by atoms with E-state index in [1.165, 1.54) is 17.6 Å². The highest BCUT2D eigenvalue weighted by molar-refractivity contribution is 7.15. The number of hydrogen-bond donors (Lipinski definition) is 0. The smallest absolute Gasteiger partial charge is 0.195 e. The van der Waals surface area contributed by atoms with Crippen LogP contribution in [0.3, 0.4) is 0 Å². The van der Waals surface area contributed by atoms with Gasteiger partial charge in [-0.1, -0.05) is 46.0 Å². The summed E-state index contributed by atoms with van der Waals surface area (Å²) in [5.41, 5.74) is 1.56. The maximum Gasteiger partial charge on any atom is 0.195 e. The third-order valence-electron chi connectivity index (χ3n) is 2.72. The van der Waals surface area contributed by atoms with Crippen LogP contribution in [-0.2, 0) is 11.4 Å². The van der Waals surface area contributed by atoms with Crippen LogP contribution in [0.25, 0.3) is 4.96 Å². The molecule has 0 aliphatic heterocycles. The van der Waals surface area contributed by atoms with E-state index in [2.05, 4.69) is 10.1 Å². The summed E-state index contributed by atoms with van der Waals surface area (Å²) in [5, 5.41) is 7.22. The fraction of sp³-hybridized carbons (Fsp3) is 0.0769. The molecule has 21 heavy (non-hydrogen) atoms. The maximum absolute atomic E-state index is 6.04. The average molecular weight is 361 g/mol. The molecule has 0 aliphatic carbocycles. The van der Waals surface area contributed by atoms with Gasteiger partial charge in [-0.05, 0) is 17.7 Å². The molecule has 0 aliphatic rings. The van der Waals surface area contributed by atoms with E-state index < -0.39 is 0 Å². The van der Waals surface area contributed by atoms with Crippen LogP contribution in [0.5, 0.6) is 0 Å². The van der Waals surface area contributed by atoms with Crippen molar-refractivity contribution in [1.82, 2.24) is 9.38 Å². The minimum Gasteiger partial charge on any atom is -0.391 e. The van der Waals surface area contributed by atoms with Crippen LogP contribution in [0.1, 0.15) is 11.3 Å². The van der Waals surface area contributed by atoms with Crippen LogP contribution in [0, 0.1) is 0 Å². The van der Waals surface area contributed by atoms with E-state index in [9.17, 15) is 0 Å². The van der Waals surface area contributed by atoms with Crippen molar-refractivity contribution in [3.8, 4) is 0 Å². The lowest BCUT2D eigenvalue weighted by molar-refractivity contribution is 0.132. The molecule has 0 fully saturated rings. The van der Waals surface area contributed by atoms with E-state index in [0.717, 1.165) is 10.5 Å². The highest BCUT2D eigenvalue weighted by atomic mass is 35.5. The highest BCUT2D eigenvalue weighted by Crippen LogP contribution is 2.23. The maximum atomic E-state index is 6.04. The summed E-state index contributed by atoms with van der Waals surface area (Å²) in [6, 6.07) is 5.28. The average Bonchev–Trinajstić information content (AvgIpc) is 3.00. The number of hydrogen-bond acceptors (Lipinski definition) is 4. The Bertz CT molecular complexity index is 812. The second-order valence-electron chi connectivity index (χ2n) is 4.10. The number of imidazole rings is 1. The van der Waals surface area contributed by atoms with Crippen molar-refractivity contribution < 1.29 is 4.84 Å². The first-order chi connectivity index (χ1) is 10.1. The molecule has 108 valence electrons. The second-order valence-corrected chi connectivity index (χ2v) is 6.15. The summed E-state index contributed by atoms with van der Waals surface area (Å²) in [7, 11) is 0. The molecule has 0 unspecified atom stereocenters. The number of nitrogens with zero attached hydrogens (tertiary/aromatic N) is 3. The van der Waals surface area contributed by atoms with Gasteiger partial charge in [0.2, 0.25) is 0 Å². The Morgan fingerprint density at radius 2 is 2.14 bits per heavy atom. The minimum absolute atomic E-state index is 0.288. The van der Waals surface area contributed by atoms with E-state index in [1.807, 2.05) is 22.0 Å². The Kier molecular flexibility index (Phi) is 4.35. The van der Waals surface area contributed by atoms with Gasteiger partial charge in [0, 0.05) is 11.6 Å². The molecule has 3 aromatic rings. The molecule has 0 bridgehead atoms. The van der Waals surface area contributed by atoms with Crippen molar-refractivity contribution in [2.75, 3.05) is 0 Å². The molecule has 0 N–H and O–H groups in total. The number of fused-ring (bicyclic) bond motifs is 1. The predicted octanol–water partition coefficient (Wildman–Crippen LogP) is 4.91. The SMILES string of the molecule is Clc1ccc(CON=Cc2c(Cl)nc3sccn23)cc1Cl. The summed E-state index contributed by atoms with van der Waals surface area (Å²) in [6.45, 7) is 0.288. The number of thiazole rings is 1. The van der Waals surface area contributed by atoms with Crippen LogP contribution in [-0.4, -0.2) is 15.6 Å². The third kappa shape index (κ3) is 3.16. The molecule has 0 radical (unpaired) electrons. The van der Waals surface area contributed by atoms with Crippen molar-refractivity contribution in [3.05, 3.63) is 56.2 Å². The molecule has 0 saturated carbocycles. The Hall–Kier alpha value is -1.27. The number of halogens is 3. The topological polar surface area (TPSA) is 38.9 Å². The lowest BCUT2D eigenvalue weighted by Gasteiger charge is -2.01. The first-order valence-electron chi connectivity index (χ1n) is 5.85. The number of benzene rings is 1. The summed E-state index contributed by atoms with van der Waals surface area (Å²) >= 11 is 19.3. The number of rotatable bonds is 4. The second kappa shape index (κ2) is 6.23. The van der Waals surface area contributed by atoms with Crippen molar-refractivity contribution >= 4 is 57.3 Å². The molecule has 0 atom stereocenters. The van der Waals surface area contributed by atoms with Gasteiger partial charge in [-0.3, -0.25) is 4.40 Å². The molecule has 3 rings (SSSR count). The zero-order valence-corrected chi connectivity index (χ0v) is 13.5. The first kappa shape index (κ1) is 14.7. The number of aromatic nitrogens is 2. The minimum atomic E-state index is 0.288. The van der Waals surface area contributed by atoms with Crippen LogP contribution in [0.15, 0.2) is 34.9 Å². The molecular formula is C13H8Cl3N3OS. The molecule has 2 heterocycles. The zero-order chi connectivity index (χ0) is 14.8. The van der Waals surface area contributed by atoms with E-state index in [4.69, 9.17) is 39.6 Å². The fourth-order valence-electron chi connectivity index (χ4n) is 1.72. The molecule has 0 spiro atoms. The molecule has 0 saturated heterocycles. The monoisotopic (exact) mass is 359 g/mol.